The third-order valence-corrected chi connectivity index (χ3v) is 10.6. The Bertz CT molecular complexity index is 1310. The maximum atomic E-state index is 13.1. The van der Waals surface area contributed by atoms with Crippen LogP contribution < -0.4 is 14.4 Å². The normalized spacial score (nSPS) is 25.2. The molecule has 222 valence electrons. The third-order valence-electron chi connectivity index (χ3n) is 9.11. The SMILES string of the molecule is CC/C=C/C(OC)C1CCC1CN1C[C@@]2(CCCc3cc(Cl)ccc32)COc2ccc(C(=O)NS(=O)C(C)C)cc21. The lowest BCUT2D eigenvalue weighted by Crippen LogP contribution is -2.49. The zero-order valence-electron chi connectivity index (χ0n) is 24.7. The Balaban J connectivity index is 1.50. The minimum Gasteiger partial charge on any atom is -0.490 e. The molecule has 2 aromatic carbocycles. The fourth-order valence-electron chi connectivity index (χ4n) is 6.73. The number of aryl methyl sites for hydroxylation is 1. The van der Waals surface area contributed by atoms with Crippen LogP contribution in [0.15, 0.2) is 48.6 Å². The average Bonchev–Trinajstić information content (AvgIpc) is 3.09. The molecule has 3 aliphatic rings. The number of ether oxygens (including phenoxy) is 2. The number of carbonyl (C=O) groups excluding carboxylic acids is 1. The summed E-state index contributed by atoms with van der Waals surface area (Å²) in [5, 5.41) is 0.610. The van der Waals surface area contributed by atoms with Gasteiger partial charge in [0.25, 0.3) is 5.91 Å². The molecule has 2 aliphatic carbocycles. The minimum absolute atomic E-state index is 0.103. The molecule has 0 aromatic heterocycles. The fraction of sp³-hybridized carbons (Fsp3) is 0.545. The molecule has 1 aliphatic heterocycles. The molecule has 4 unspecified atom stereocenters. The standard InChI is InChI=1S/C33H43ClN2O4S/c1-5-6-9-30(39-4)27-13-10-25(27)19-36-20-33(16-7-8-23-17-26(34)12-14-28(23)33)21-40-31-15-11-24(18-29(31)36)32(37)35-41(38)22(2)3/h6,9,11-12,14-15,17-18,22,25,27,30H,5,7-8,10,13,16,19-21H2,1-4H3,(H,35,37)/b9-6+/t25?,27?,30?,33-,41?/m0/s1. The molecule has 0 saturated heterocycles. The van der Waals surface area contributed by atoms with Crippen molar-refractivity contribution in [3.05, 3.63) is 70.3 Å². The predicted octanol–water partition coefficient (Wildman–Crippen LogP) is 6.62. The van der Waals surface area contributed by atoms with Gasteiger partial charge in [-0.15, -0.1) is 0 Å². The summed E-state index contributed by atoms with van der Waals surface area (Å²) >= 11 is 6.41. The van der Waals surface area contributed by atoms with Crippen molar-refractivity contribution in [2.45, 2.75) is 76.1 Å². The Kier molecular flexibility index (Phi) is 9.47. The molecule has 6 nitrogen and oxygen atoms in total. The quantitative estimate of drug-likeness (QED) is 0.329. The van der Waals surface area contributed by atoms with E-state index >= 15 is 0 Å². The summed E-state index contributed by atoms with van der Waals surface area (Å²) in [4.78, 5) is 15.6. The largest absolute Gasteiger partial charge is 0.490 e. The van der Waals surface area contributed by atoms with Gasteiger partial charge in [-0.25, -0.2) is 4.21 Å². The first-order chi connectivity index (χ1) is 19.7. The molecular formula is C33H43ClN2O4S. The van der Waals surface area contributed by atoms with E-state index in [0.29, 0.717) is 24.0 Å². The van der Waals surface area contributed by atoms with E-state index in [1.54, 1.807) is 13.2 Å². The molecule has 1 spiro atoms. The molecule has 1 fully saturated rings. The Hall–Kier alpha value is -2.35. The lowest BCUT2D eigenvalue weighted by Gasteiger charge is -2.46. The van der Waals surface area contributed by atoms with Gasteiger partial charge in [0.2, 0.25) is 0 Å². The van der Waals surface area contributed by atoms with Crippen molar-refractivity contribution in [1.82, 2.24) is 4.72 Å². The number of rotatable bonds is 9. The van der Waals surface area contributed by atoms with Crippen LogP contribution in [0.5, 0.6) is 5.75 Å². The topological polar surface area (TPSA) is 67.9 Å². The first-order valence-electron chi connectivity index (χ1n) is 15.0. The van der Waals surface area contributed by atoms with Crippen LogP contribution in [0.1, 0.15) is 74.4 Å². The average molecular weight is 599 g/mol. The Morgan fingerprint density at radius 1 is 1.27 bits per heavy atom. The molecule has 1 amide bonds. The number of carbonyl (C=O) groups is 1. The minimum atomic E-state index is -1.44. The Morgan fingerprint density at radius 3 is 2.80 bits per heavy atom. The number of hydrogen-bond acceptors (Lipinski definition) is 5. The highest BCUT2D eigenvalue weighted by molar-refractivity contribution is 7.84. The van der Waals surface area contributed by atoms with Crippen LogP contribution >= 0.6 is 11.6 Å². The van der Waals surface area contributed by atoms with E-state index in [1.807, 2.05) is 32.0 Å². The van der Waals surface area contributed by atoms with Gasteiger partial charge in [-0.2, -0.15) is 0 Å². The maximum absolute atomic E-state index is 13.1. The van der Waals surface area contributed by atoms with Gasteiger partial charge in [0.05, 0.1) is 18.4 Å². The second-order valence-corrected chi connectivity index (χ2v) is 14.3. The van der Waals surface area contributed by atoms with Gasteiger partial charge in [-0.3, -0.25) is 9.52 Å². The predicted molar refractivity (Wildman–Crippen MR) is 167 cm³/mol. The summed E-state index contributed by atoms with van der Waals surface area (Å²) in [6, 6.07) is 11.9. The van der Waals surface area contributed by atoms with Crippen molar-refractivity contribution < 1.29 is 18.5 Å². The number of hydrogen-bond donors (Lipinski definition) is 1. The summed E-state index contributed by atoms with van der Waals surface area (Å²) in [5.74, 6) is 1.36. The van der Waals surface area contributed by atoms with Crippen molar-refractivity contribution in [3.63, 3.8) is 0 Å². The summed E-state index contributed by atoms with van der Waals surface area (Å²) in [6.07, 6.45) is 10.9. The summed E-state index contributed by atoms with van der Waals surface area (Å²) in [5.41, 5.74) is 3.86. The highest BCUT2D eigenvalue weighted by atomic mass is 35.5. The van der Waals surface area contributed by atoms with Crippen LogP contribution in [0.3, 0.4) is 0 Å². The van der Waals surface area contributed by atoms with E-state index in [4.69, 9.17) is 21.1 Å². The van der Waals surface area contributed by atoms with Gasteiger partial charge in [0.1, 0.15) is 16.7 Å². The van der Waals surface area contributed by atoms with Crippen LogP contribution in [0.2, 0.25) is 5.02 Å². The molecule has 41 heavy (non-hydrogen) atoms. The molecule has 5 rings (SSSR count). The number of nitrogens with zero attached hydrogens (tertiary/aromatic N) is 1. The summed E-state index contributed by atoms with van der Waals surface area (Å²) in [7, 11) is 0.363. The van der Waals surface area contributed by atoms with Gasteiger partial charge >= 0.3 is 0 Å². The first-order valence-corrected chi connectivity index (χ1v) is 16.6. The van der Waals surface area contributed by atoms with Crippen LogP contribution in [-0.2, 0) is 27.6 Å². The Labute approximate surface area is 252 Å². The molecule has 1 N–H and O–H groups in total. The van der Waals surface area contributed by atoms with Crippen LogP contribution in [-0.4, -0.2) is 48.3 Å². The van der Waals surface area contributed by atoms with E-state index in [1.165, 1.54) is 11.1 Å². The van der Waals surface area contributed by atoms with Crippen molar-refractivity contribution >= 4 is 34.2 Å². The smallest absolute Gasteiger partial charge is 0.263 e. The molecular weight excluding hydrogens is 556 g/mol. The molecule has 2 aromatic rings. The first kappa shape index (κ1) is 30.1. The molecule has 8 heteroatoms. The third kappa shape index (κ3) is 6.37. The zero-order valence-corrected chi connectivity index (χ0v) is 26.2. The zero-order chi connectivity index (χ0) is 29.1. The molecule has 5 atom stereocenters. The highest BCUT2D eigenvalue weighted by Crippen LogP contribution is 2.47. The number of fused-ring (bicyclic) bond motifs is 3. The lowest BCUT2D eigenvalue weighted by atomic mass is 9.68. The summed E-state index contributed by atoms with van der Waals surface area (Å²) in [6.45, 7) is 8.03. The molecule has 1 heterocycles. The number of nitrogens with one attached hydrogen (secondary N) is 1. The number of methoxy groups -OCH3 is 1. The number of halogens is 1. The molecule has 0 bridgehead atoms. The number of allylic oxidation sites excluding steroid dienone is 1. The van der Waals surface area contributed by atoms with Crippen molar-refractivity contribution in [3.8, 4) is 5.75 Å². The van der Waals surface area contributed by atoms with Crippen LogP contribution in [0.25, 0.3) is 0 Å². The van der Waals surface area contributed by atoms with Crippen molar-refractivity contribution in [2.75, 3.05) is 31.7 Å². The monoisotopic (exact) mass is 598 g/mol. The van der Waals surface area contributed by atoms with Gasteiger partial charge in [-0.05, 0) is 106 Å². The summed E-state index contributed by atoms with van der Waals surface area (Å²) < 4.78 is 27.6. The molecule has 0 radical (unpaired) electrons. The van der Waals surface area contributed by atoms with Crippen LogP contribution in [0.4, 0.5) is 5.69 Å². The fourth-order valence-corrected chi connectivity index (χ4v) is 7.46. The van der Waals surface area contributed by atoms with Crippen LogP contribution in [0, 0.1) is 11.8 Å². The van der Waals surface area contributed by atoms with E-state index in [0.717, 1.165) is 68.1 Å². The maximum Gasteiger partial charge on any atom is 0.263 e. The van der Waals surface area contributed by atoms with E-state index < -0.39 is 11.0 Å². The van der Waals surface area contributed by atoms with Crippen molar-refractivity contribution in [1.29, 1.82) is 0 Å². The lowest BCUT2D eigenvalue weighted by molar-refractivity contribution is 0.0132. The van der Waals surface area contributed by atoms with E-state index in [2.05, 4.69) is 40.8 Å². The Morgan fingerprint density at radius 2 is 2.10 bits per heavy atom. The van der Waals surface area contributed by atoms with E-state index in [-0.39, 0.29) is 22.7 Å². The van der Waals surface area contributed by atoms with Gasteiger partial charge < -0.3 is 14.4 Å². The molecule has 1 saturated carbocycles. The van der Waals surface area contributed by atoms with Gasteiger partial charge in [0, 0.05) is 41.5 Å². The van der Waals surface area contributed by atoms with E-state index in [9.17, 15) is 9.00 Å². The number of amides is 1. The second kappa shape index (κ2) is 12.9. The number of anilines is 1. The van der Waals surface area contributed by atoms with Gasteiger partial charge in [0.15, 0.2) is 0 Å². The number of benzene rings is 2. The van der Waals surface area contributed by atoms with Gasteiger partial charge in [-0.1, -0.05) is 36.7 Å². The second-order valence-electron chi connectivity index (χ2n) is 12.1. The van der Waals surface area contributed by atoms with Crippen molar-refractivity contribution in [2.24, 2.45) is 11.8 Å². The highest BCUT2D eigenvalue weighted by Gasteiger charge is 2.44.